The number of hydrogen-bond donors (Lipinski definition) is 3. The number of esters is 2. The molecule has 2 fully saturated rings. The number of anilines is 1. The van der Waals surface area contributed by atoms with Gasteiger partial charge in [0.05, 0.1) is 37.4 Å². The Balaban J connectivity index is 1.42. The second-order valence-corrected chi connectivity index (χ2v) is 16.6. The number of carbonyl (C=O) groups excluding carboxylic acids is 5. The number of aliphatic hydroxyl groups excluding tert-OH is 1. The average Bonchev–Trinajstić information content (AvgIpc) is 3.76. The van der Waals surface area contributed by atoms with Crippen molar-refractivity contribution in [3.8, 4) is 17.6 Å². The second-order valence-electron chi connectivity index (χ2n) is 16.6. The van der Waals surface area contributed by atoms with Crippen molar-refractivity contribution in [3.63, 3.8) is 0 Å². The van der Waals surface area contributed by atoms with E-state index in [1.165, 1.54) is 7.11 Å². The first-order valence-electron chi connectivity index (χ1n) is 21.3. The van der Waals surface area contributed by atoms with Gasteiger partial charge < -0.3 is 30.4 Å². The van der Waals surface area contributed by atoms with Crippen LogP contribution in [0.4, 0.5) is 10.5 Å². The summed E-state index contributed by atoms with van der Waals surface area (Å²) in [5.41, 5.74) is 8.24. The predicted octanol–water partition coefficient (Wildman–Crippen LogP) is 5.97. The highest BCUT2D eigenvalue weighted by molar-refractivity contribution is 6.25. The summed E-state index contributed by atoms with van der Waals surface area (Å²) in [7, 11) is 1.21. The van der Waals surface area contributed by atoms with Crippen LogP contribution in [0, 0.1) is 23.7 Å². The first-order valence-corrected chi connectivity index (χ1v) is 21.3. The number of morpholine rings is 1. The SMILES string of the molecule is COC(=O)C(NC(=O)N1C(=O)C2(c3cc(C#CC4=CCCCC4)ccc31)C(C(N)=O)C1C(=O)OC(c3ccccc3)C(c3ccccc3)N1C2c1ccc(OCCO)cc1)C(C)C. The fraction of sp³-hybridized carbons (Fsp3) is 0.340. The number of primary amides is 1. The number of nitrogens with two attached hydrogens (primary N) is 1. The van der Waals surface area contributed by atoms with E-state index in [1.54, 1.807) is 56.3 Å². The smallest absolute Gasteiger partial charge is 0.329 e. The van der Waals surface area contributed by atoms with Crippen molar-refractivity contribution in [1.29, 1.82) is 0 Å². The summed E-state index contributed by atoms with van der Waals surface area (Å²) < 4.78 is 17.2. The molecule has 7 atom stereocenters. The molecule has 63 heavy (non-hydrogen) atoms. The van der Waals surface area contributed by atoms with Crippen LogP contribution < -0.4 is 20.7 Å². The van der Waals surface area contributed by atoms with Gasteiger partial charge in [-0.25, -0.2) is 14.5 Å². The summed E-state index contributed by atoms with van der Waals surface area (Å²) >= 11 is 0. The van der Waals surface area contributed by atoms with Crippen LogP contribution in [0.2, 0.25) is 0 Å². The number of fused-ring (bicyclic) bond motifs is 3. The van der Waals surface area contributed by atoms with Gasteiger partial charge in [-0.15, -0.1) is 0 Å². The number of aliphatic hydroxyl groups is 1. The van der Waals surface area contributed by atoms with Crippen LogP contribution in [0.25, 0.3) is 0 Å². The van der Waals surface area contributed by atoms with E-state index in [0.717, 1.165) is 41.7 Å². The molecule has 13 heteroatoms. The highest BCUT2D eigenvalue weighted by atomic mass is 16.6. The normalized spacial score (nSPS) is 24.4. The molecule has 7 unspecified atom stereocenters. The predicted molar refractivity (Wildman–Crippen MR) is 233 cm³/mol. The van der Waals surface area contributed by atoms with Crippen molar-refractivity contribution in [2.24, 2.45) is 17.6 Å². The molecule has 13 nitrogen and oxygen atoms in total. The Kier molecular flexibility index (Phi) is 12.2. The molecule has 4 N–H and O–H groups in total. The highest BCUT2D eigenvalue weighted by Crippen LogP contribution is 2.65. The van der Waals surface area contributed by atoms with Gasteiger partial charge in [-0.3, -0.25) is 19.3 Å². The minimum Gasteiger partial charge on any atom is -0.491 e. The number of carbonyl (C=O) groups is 5. The second kappa shape index (κ2) is 17.9. The molecular weight excluding hydrogens is 801 g/mol. The molecule has 0 bridgehead atoms. The van der Waals surface area contributed by atoms with E-state index in [9.17, 15) is 24.3 Å². The lowest BCUT2D eigenvalue weighted by Crippen LogP contribution is -2.57. The van der Waals surface area contributed by atoms with Crippen molar-refractivity contribution < 1.29 is 43.3 Å². The Labute approximate surface area is 366 Å². The Morgan fingerprint density at radius 3 is 2.22 bits per heavy atom. The molecule has 8 rings (SSSR count). The molecule has 1 aliphatic carbocycles. The van der Waals surface area contributed by atoms with E-state index in [4.69, 9.17) is 19.9 Å². The van der Waals surface area contributed by atoms with Gasteiger partial charge in [0.2, 0.25) is 11.8 Å². The zero-order chi connectivity index (χ0) is 44.4. The summed E-state index contributed by atoms with van der Waals surface area (Å²) in [4.78, 5) is 76.2. The molecule has 0 saturated carbocycles. The summed E-state index contributed by atoms with van der Waals surface area (Å²) in [6.45, 7) is 3.28. The average molecular weight is 851 g/mol. The van der Waals surface area contributed by atoms with E-state index < -0.39 is 77.3 Å². The lowest BCUT2D eigenvalue weighted by atomic mass is 9.65. The quantitative estimate of drug-likeness (QED) is 0.127. The summed E-state index contributed by atoms with van der Waals surface area (Å²) in [6, 6.07) is 25.1. The topological polar surface area (TPSA) is 178 Å². The number of urea groups is 1. The number of ether oxygens (including phenoxy) is 3. The van der Waals surface area contributed by atoms with Gasteiger partial charge in [0.1, 0.15) is 36.0 Å². The molecule has 0 aromatic heterocycles. The maximum atomic E-state index is 16.2. The van der Waals surface area contributed by atoms with Crippen molar-refractivity contribution in [1.82, 2.24) is 10.2 Å². The zero-order valence-electron chi connectivity index (χ0n) is 35.4. The highest BCUT2D eigenvalue weighted by Gasteiger charge is 2.75. The van der Waals surface area contributed by atoms with Gasteiger partial charge in [-0.05, 0) is 89.8 Å². The van der Waals surface area contributed by atoms with Crippen molar-refractivity contribution >= 4 is 35.5 Å². The first-order chi connectivity index (χ1) is 30.5. The van der Waals surface area contributed by atoms with Crippen LogP contribution in [0.5, 0.6) is 5.75 Å². The molecule has 0 radical (unpaired) electrons. The molecular formula is C50H50N4O9. The number of methoxy groups -OCH3 is 1. The summed E-state index contributed by atoms with van der Waals surface area (Å²) in [5.74, 6) is 1.69. The van der Waals surface area contributed by atoms with Crippen LogP contribution in [-0.2, 0) is 34.1 Å². The fourth-order valence-corrected chi connectivity index (χ4v) is 9.85. The molecule has 324 valence electrons. The van der Waals surface area contributed by atoms with E-state index in [0.29, 0.717) is 22.4 Å². The monoisotopic (exact) mass is 850 g/mol. The lowest BCUT2D eigenvalue weighted by Gasteiger charge is -2.46. The molecule has 3 aliphatic heterocycles. The van der Waals surface area contributed by atoms with Gasteiger partial charge in [0, 0.05) is 5.56 Å². The van der Waals surface area contributed by atoms with E-state index in [2.05, 4.69) is 23.2 Å². The van der Waals surface area contributed by atoms with E-state index in [-0.39, 0.29) is 24.5 Å². The number of benzene rings is 4. The Bertz CT molecular complexity index is 2500. The number of imide groups is 1. The third-order valence-electron chi connectivity index (χ3n) is 12.6. The van der Waals surface area contributed by atoms with Gasteiger partial charge in [0.25, 0.3) is 0 Å². The Morgan fingerprint density at radius 1 is 0.905 bits per heavy atom. The van der Waals surface area contributed by atoms with Crippen LogP contribution >= 0.6 is 0 Å². The van der Waals surface area contributed by atoms with Crippen LogP contribution in [0.15, 0.2) is 115 Å². The van der Waals surface area contributed by atoms with Gasteiger partial charge in [-0.1, -0.05) is 105 Å². The standard InChI is InChI=1S/C50H50N4O9/c1-30(2)40(46(57)61-3)52-49(60)53-38-26-21-32(20-19-31-13-7-4-8-14-31)29-37(38)50(48(53)59)39(45(51)56)42-47(58)63-43(34-17-11-6-12-18-34)41(33-15-9-5-10-16-33)54(42)44(50)35-22-24-36(25-23-35)62-28-27-55/h5-6,9-13,15-18,21-26,29-30,39-44,55H,4,7-8,14,27-28H2,1-3H3,(H2,51,56)(H,52,60). The van der Waals surface area contributed by atoms with Crippen molar-refractivity contribution in [2.75, 3.05) is 25.2 Å². The van der Waals surface area contributed by atoms with Gasteiger partial charge >= 0.3 is 18.0 Å². The van der Waals surface area contributed by atoms with Crippen molar-refractivity contribution in [3.05, 3.63) is 143 Å². The number of rotatable bonds is 10. The maximum absolute atomic E-state index is 16.2. The summed E-state index contributed by atoms with van der Waals surface area (Å²) in [5, 5.41) is 12.2. The number of nitrogens with zero attached hydrogens (tertiary/aromatic N) is 2. The van der Waals surface area contributed by atoms with Gasteiger partial charge in [-0.2, -0.15) is 0 Å². The van der Waals surface area contributed by atoms with Gasteiger partial charge in [0.15, 0.2) is 0 Å². The van der Waals surface area contributed by atoms with E-state index in [1.807, 2.05) is 65.6 Å². The lowest BCUT2D eigenvalue weighted by molar-refractivity contribution is -0.178. The molecule has 3 heterocycles. The number of cyclic esters (lactones) is 1. The molecule has 4 amide bonds. The number of allylic oxidation sites excluding steroid dienone is 2. The Hall–Kier alpha value is -6.75. The molecule has 4 aromatic carbocycles. The van der Waals surface area contributed by atoms with Crippen LogP contribution in [-0.4, -0.2) is 72.2 Å². The van der Waals surface area contributed by atoms with Crippen molar-refractivity contribution in [2.45, 2.75) is 75.2 Å². The zero-order valence-corrected chi connectivity index (χ0v) is 35.4. The summed E-state index contributed by atoms with van der Waals surface area (Å²) in [6.07, 6.45) is 5.05. The minimum absolute atomic E-state index is 0.0327. The number of nitrogens with one attached hydrogen (secondary N) is 1. The largest absolute Gasteiger partial charge is 0.491 e. The third kappa shape index (κ3) is 7.63. The molecule has 2 saturated heterocycles. The number of hydrogen-bond acceptors (Lipinski definition) is 10. The first kappa shape index (κ1) is 42.9. The Morgan fingerprint density at radius 2 is 1.60 bits per heavy atom. The maximum Gasteiger partial charge on any atom is 0.329 e. The fourth-order valence-electron chi connectivity index (χ4n) is 9.85. The molecule has 1 spiro atoms. The third-order valence-corrected chi connectivity index (χ3v) is 12.6. The number of amides is 4. The molecule has 4 aliphatic rings. The molecule has 4 aromatic rings. The van der Waals surface area contributed by atoms with Crippen LogP contribution in [0.3, 0.4) is 0 Å². The van der Waals surface area contributed by atoms with E-state index >= 15 is 4.79 Å². The van der Waals surface area contributed by atoms with Crippen LogP contribution in [0.1, 0.15) is 85.5 Å². The minimum atomic E-state index is -2.06.